The van der Waals surface area contributed by atoms with Crippen molar-refractivity contribution in [1.82, 2.24) is 0 Å². The van der Waals surface area contributed by atoms with E-state index in [2.05, 4.69) is 18.2 Å². The van der Waals surface area contributed by atoms with Gasteiger partial charge in [-0.05, 0) is 61.8 Å². The van der Waals surface area contributed by atoms with E-state index in [9.17, 15) is 5.11 Å². The third-order valence-corrected chi connectivity index (χ3v) is 4.61. The number of aryl methyl sites for hydroxylation is 2. The number of benzene rings is 1. The predicted molar refractivity (Wildman–Crippen MR) is 76.6 cm³/mol. The third-order valence-electron chi connectivity index (χ3n) is 4.61. The van der Waals surface area contributed by atoms with Crippen molar-refractivity contribution in [3.05, 3.63) is 29.3 Å². The Kier molecular flexibility index (Phi) is 3.79. The molecule has 0 spiro atoms. The second-order valence-electron chi connectivity index (χ2n) is 6.21. The van der Waals surface area contributed by atoms with Crippen LogP contribution in [0, 0.1) is 0 Å². The molecule has 0 radical (unpaired) electrons. The van der Waals surface area contributed by atoms with E-state index in [4.69, 9.17) is 4.74 Å². The number of fused-ring (bicyclic) bond motifs is 1. The molecule has 2 heteroatoms. The normalized spacial score (nSPS) is 21.7. The first-order valence-electron chi connectivity index (χ1n) is 7.72. The van der Waals surface area contributed by atoms with Gasteiger partial charge in [0, 0.05) is 0 Å². The molecule has 0 unspecified atom stereocenters. The van der Waals surface area contributed by atoms with Crippen molar-refractivity contribution < 1.29 is 9.84 Å². The van der Waals surface area contributed by atoms with Crippen LogP contribution < -0.4 is 4.74 Å². The summed E-state index contributed by atoms with van der Waals surface area (Å²) in [5.41, 5.74) is 2.34. The van der Waals surface area contributed by atoms with Crippen molar-refractivity contribution in [2.45, 2.75) is 63.4 Å². The van der Waals surface area contributed by atoms with E-state index in [0.717, 1.165) is 31.4 Å². The van der Waals surface area contributed by atoms with E-state index in [1.165, 1.54) is 43.2 Å². The monoisotopic (exact) mass is 260 g/mol. The predicted octanol–water partition coefficient (Wildman–Crippen LogP) is 3.64. The number of hydrogen-bond acceptors (Lipinski definition) is 2. The average molecular weight is 260 g/mol. The molecule has 0 atom stereocenters. The van der Waals surface area contributed by atoms with E-state index < -0.39 is 5.60 Å². The number of hydrogen-bond donors (Lipinski definition) is 1. The molecule has 2 nitrogen and oxygen atoms in total. The highest BCUT2D eigenvalue weighted by Crippen LogP contribution is 2.30. The molecule has 1 saturated carbocycles. The first kappa shape index (κ1) is 13.0. The fourth-order valence-corrected chi connectivity index (χ4v) is 3.37. The van der Waals surface area contributed by atoms with Gasteiger partial charge in [0.15, 0.2) is 0 Å². The van der Waals surface area contributed by atoms with Gasteiger partial charge in [0.25, 0.3) is 0 Å². The van der Waals surface area contributed by atoms with Crippen LogP contribution in [-0.4, -0.2) is 17.3 Å². The zero-order valence-corrected chi connectivity index (χ0v) is 11.7. The summed E-state index contributed by atoms with van der Waals surface area (Å²) in [7, 11) is 0. The SMILES string of the molecule is OC1(COc2ccc3c(c2)CCCC3)CCCCC1. The Hall–Kier alpha value is -1.02. The van der Waals surface area contributed by atoms with E-state index >= 15 is 0 Å². The Morgan fingerprint density at radius 3 is 2.47 bits per heavy atom. The van der Waals surface area contributed by atoms with Gasteiger partial charge in [-0.1, -0.05) is 25.3 Å². The highest BCUT2D eigenvalue weighted by molar-refractivity contribution is 5.37. The van der Waals surface area contributed by atoms with E-state index in [-0.39, 0.29) is 0 Å². The average Bonchev–Trinajstić information content (AvgIpc) is 2.46. The van der Waals surface area contributed by atoms with Crippen LogP contribution in [0.15, 0.2) is 18.2 Å². The molecule has 19 heavy (non-hydrogen) atoms. The zero-order valence-electron chi connectivity index (χ0n) is 11.7. The first-order chi connectivity index (χ1) is 9.25. The van der Waals surface area contributed by atoms with Crippen LogP contribution in [0.1, 0.15) is 56.1 Å². The van der Waals surface area contributed by atoms with Gasteiger partial charge in [-0.25, -0.2) is 0 Å². The number of rotatable bonds is 3. The molecule has 0 amide bonds. The van der Waals surface area contributed by atoms with Gasteiger partial charge in [0.2, 0.25) is 0 Å². The summed E-state index contributed by atoms with van der Waals surface area (Å²) in [5.74, 6) is 0.930. The highest BCUT2D eigenvalue weighted by Gasteiger charge is 2.30. The lowest BCUT2D eigenvalue weighted by Crippen LogP contribution is -2.37. The fraction of sp³-hybridized carbons (Fsp3) is 0.647. The lowest BCUT2D eigenvalue weighted by atomic mass is 9.85. The van der Waals surface area contributed by atoms with Gasteiger partial charge in [0.05, 0.1) is 5.60 Å². The van der Waals surface area contributed by atoms with Crippen LogP contribution in [0.3, 0.4) is 0 Å². The molecule has 0 aliphatic heterocycles. The molecule has 1 aromatic rings. The highest BCUT2D eigenvalue weighted by atomic mass is 16.5. The molecule has 0 aromatic heterocycles. The van der Waals surface area contributed by atoms with Crippen molar-refractivity contribution in [1.29, 1.82) is 0 Å². The molecule has 0 saturated heterocycles. The second kappa shape index (κ2) is 5.54. The minimum absolute atomic E-state index is 0.450. The Bertz CT molecular complexity index is 433. The summed E-state index contributed by atoms with van der Waals surface area (Å²) in [6, 6.07) is 6.45. The van der Waals surface area contributed by atoms with Crippen LogP contribution in [0.25, 0.3) is 0 Å². The minimum Gasteiger partial charge on any atom is -0.491 e. The van der Waals surface area contributed by atoms with Crippen LogP contribution >= 0.6 is 0 Å². The standard InChI is InChI=1S/C17H24O2/c18-17(10-4-1-5-11-17)13-19-16-9-8-14-6-2-3-7-15(14)12-16/h8-9,12,18H,1-7,10-11,13H2. The third kappa shape index (κ3) is 3.11. The Balaban J connectivity index is 1.63. The van der Waals surface area contributed by atoms with Crippen LogP contribution in [0.4, 0.5) is 0 Å². The lowest BCUT2D eigenvalue weighted by molar-refractivity contribution is -0.0339. The minimum atomic E-state index is -0.589. The maximum absolute atomic E-state index is 10.4. The fourth-order valence-electron chi connectivity index (χ4n) is 3.37. The van der Waals surface area contributed by atoms with Gasteiger partial charge < -0.3 is 9.84 Å². The van der Waals surface area contributed by atoms with Gasteiger partial charge in [0.1, 0.15) is 12.4 Å². The van der Waals surface area contributed by atoms with Gasteiger partial charge in [-0.15, -0.1) is 0 Å². The molecule has 3 rings (SSSR count). The zero-order chi connectivity index (χ0) is 13.1. The van der Waals surface area contributed by atoms with E-state index in [1.54, 1.807) is 0 Å². The summed E-state index contributed by atoms with van der Waals surface area (Å²) in [6.45, 7) is 0.450. The molecule has 1 fully saturated rings. The van der Waals surface area contributed by atoms with Crippen molar-refractivity contribution in [3.63, 3.8) is 0 Å². The van der Waals surface area contributed by atoms with Gasteiger partial charge in [-0.2, -0.15) is 0 Å². The van der Waals surface area contributed by atoms with Crippen molar-refractivity contribution in [2.75, 3.05) is 6.61 Å². The van der Waals surface area contributed by atoms with Crippen molar-refractivity contribution in [2.24, 2.45) is 0 Å². The molecular weight excluding hydrogens is 236 g/mol. The topological polar surface area (TPSA) is 29.5 Å². The number of aliphatic hydroxyl groups is 1. The summed E-state index contributed by atoms with van der Waals surface area (Å²) in [5, 5.41) is 10.4. The molecule has 1 N–H and O–H groups in total. The van der Waals surface area contributed by atoms with Crippen molar-refractivity contribution >= 4 is 0 Å². The van der Waals surface area contributed by atoms with Crippen molar-refractivity contribution in [3.8, 4) is 5.75 Å². The lowest BCUT2D eigenvalue weighted by Gasteiger charge is -2.31. The molecular formula is C17H24O2. The van der Waals surface area contributed by atoms with Crippen LogP contribution in [0.2, 0.25) is 0 Å². The maximum Gasteiger partial charge on any atom is 0.119 e. The summed E-state index contributed by atoms with van der Waals surface area (Å²) < 4.78 is 5.86. The quantitative estimate of drug-likeness (QED) is 0.899. The smallest absolute Gasteiger partial charge is 0.119 e. The largest absolute Gasteiger partial charge is 0.491 e. The Morgan fingerprint density at radius 2 is 1.68 bits per heavy atom. The van der Waals surface area contributed by atoms with E-state index in [0.29, 0.717) is 6.61 Å². The molecule has 2 aliphatic carbocycles. The van der Waals surface area contributed by atoms with Crippen LogP contribution in [-0.2, 0) is 12.8 Å². The molecule has 1 aromatic carbocycles. The maximum atomic E-state index is 10.4. The Morgan fingerprint density at radius 1 is 0.947 bits per heavy atom. The Labute approximate surface area is 115 Å². The number of ether oxygens (including phenoxy) is 1. The molecule has 2 aliphatic rings. The summed E-state index contributed by atoms with van der Waals surface area (Å²) in [6.07, 6.45) is 10.3. The summed E-state index contributed by atoms with van der Waals surface area (Å²) >= 11 is 0. The summed E-state index contributed by atoms with van der Waals surface area (Å²) in [4.78, 5) is 0. The van der Waals surface area contributed by atoms with Gasteiger partial charge in [-0.3, -0.25) is 0 Å². The van der Waals surface area contributed by atoms with E-state index in [1.807, 2.05) is 0 Å². The first-order valence-corrected chi connectivity index (χ1v) is 7.72. The van der Waals surface area contributed by atoms with Gasteiger partial charge >= 0.3 is 0 Å². The molecule has 104 valence electrons. The molecule has 0 heterocycles. The van der Waals surface area contributed by atoms with Crippen LogP contribution in [0.5, 0.6) is 5.75 Å². The molecule has 0 bridgehead atoms. The second-order valence-corrected chi connectivity index (χ2v) is 6.21.